The Labute approximate surface area is 256 Å². The fraction of sp³-hybridized carbons (Fsp3) is 0.382. The number of carbonyl (C=O) groups is 1. The lowest BCUT2D eigenvalue weighted by Gasteiger charge is -2.29. The van der Waals surface area contributed by atoms with Crippen molar-refractivity contribution in [2.45, 2.75) is 45.1 Å². The topological polar surface area (TPSA) is 97.2 Å². The zero-order valence-electron chi connectivity index (χ0n) is 24.9. The number of rotatable bonds is 10. The van der Waals surface area contributed by atoms with Gasteiger partial charge in [0.1, 0.15) is 25.6 Å². The van der Waals surface area contributed by atoms with Gasteiger partial charge in [0.05, 0.1) is 42.9 Å². The summed E-state index contributed by atoms with van der Waals surface area (Å²) in [6.07, 6.45) is 5.27. The third-order valence-corrected chi connectivity index (χ3v) is 8.36. The lowest BCUT2D eigenvalue weighted by Crippen LogP contribution is -2.34. The van der Waals surface area contributed by atoms with E-state index in [0.717, 1.165) is 91.7 Å². The van der Waals surface area contributed by atoms with E-state index in [4.69, 9.17) is 33.7 Å². The van der Waals surface area contributed by atoms with Gasteiger partial charge in [-0.1, -0.05) is 23.8 Å². The zero-order valence-corrected chi connectivity index (χ0v) is 24.9. The predicted molar refractivity (Wildman–Crippen MR) is 163 cm³/mol. The maximum Gasteiger partial charge on any atom is 0.337 e. The number of imidazole rings is 1. The number of esters is 1. The SMILES string of the molecule is COC(=O)c1ccc2nc(CN3CC=C(Cc4cccc(OCc5ccc6c(c5)OCCO6)n4)CC3)n(CC3CCO3)c2c1. The zero-order chi connectivity index (χ0) is 29.9. The summed E-state index contributed by atoms with van der Waals surface area (Å²) in [4.78, 5) is 24.3. The molecule has 3 aliphatic rings. The minimum atomic E-state index is -0.346. The van der Waals surface area contributed by atoms with Crippen LogP contribution < -0.4 is 14.2 Å². The molecule has 1 saturated heterocycles. The van der Waals surface area contributed by atoms with E-state index in [-0.39, 0.29) is 12.1 Å². The summed E-state index contributed by atoms with van der Waals surface area (Å²) in [5, 5.41) is 0. The van der Waals surface area contributed by atoms with Gasteiger partial charge in [-0.15, -0.1) is 0 Å². The number of methoxy groups -OCH3 is 1. The highest BCUT2D eigenvalue weighted by atomic mass is 16.6. The Morgan fingerprint density at radius 2 is 1.91 bits per heavy atom. The summed E-state index contributed by atoms with van der Waals surface area (Å²) in [7, 11) is 1.40. The molecule has 228 valence electrons. The number of nitrogens with zero attached hydrogens (tertiary/aromatic N) is 4. The summed E-state index contributed by atoms with van der Waals surface area (Å²) in [5.41, 5.74) is 5.72. The van der Waals surface area contributed by atoms with Crippen LogP contribution in [0.1, 0.15) is 40.3 Å². The van der Waals surface area contributed by atoms with Crippen LogP contribution in [-0.2, 0) is 35.6 Å². The fourth-order valence-electron chi connectivity index (χ4n) is 5.84. The molecule has 10 nitrogen and oxygen atoms in total. The minimum Gasteiger partial charge on any atom is -0.486 e. The molecule has 7 rings (SSSR count). The average Bonchev–Trinajstić information content (AvgIpc) is 3.38. The molecule has 0 bridgehead atoms. The first-order valence-corrected chi connectivity index (χ1v) is 15.2. The third-order valence-electron chi connectivity index (χ3n) is 8.36. The average molecular weight is 597 g/mol. The largest absolute Gasteiger partial charge is 0.486 e. The number of fused-ring (bicyclic) bond motifs is 2. The first-order valence-electron chi connectivity index (χ1n) is 15.2. The van der Waals surface area contributed by atoms with E-state index >= 15 is 0 Å². The standard InChI is InChI=1S/C34H36N4O6/c1-40-34(39)25-6-7-28-29(19-25)38(20-27-11-14-41-27)32(36-28)21-37-12-9-23(10-13-37)17-26-3-2-4-33(35-26)44-22-24-5-8-30-31(18-24)43-16-15-42-30/h2-9,18-19,27H,10-17,20-22H2,1H3. The van der Waals surface area contributed by atoms with E-state index in [2.05, 4.69) is 21.6 Å². The molecule has 0 spiro atoms. The lowest BCUT2D eigenvalue weighted by atomic mass is 10.0. The maximum absolute atomic E-state index is 12.2. The van der Waals surface area contributed by atoms with Gasteiger partial charge in [0.2, 0.25) is 5.88 Å². The van der Waals surface area contributed by atoms with Crippen LogP contribution in [0.25, 0.3) is 11.0 Å². The van der Waals surface area contributed by atoms with Gasteiger partial charge in [-0.3, -0.25) is 4.90 Å². The van der Waals surface area contributed by atoms with Crippen molar-refractivity contribution in [1.29, 1.82) is 0 Å². The molecule has 1 atom stereocenters. The van der Waals surface area contributed by atoms with Crippen molar-refractivity contribution >= 4 is 17.0 Å². The molecule has 0 amide bonds. The Morgan fingerprint density at radius 1 is 1.02 bits per heavy atom. The molecule has 10 heteroatoms. The molecule has 3 aliphatic heterocycles. The van der Waals surface area contributed by atoms with Gasteiger partial charge >= 0.3 is 5.97 Å². The molecular weight excluding hydrogens is 560 g/mol. The first kappa shape index (κ1) is 28.4. The maximum atomic E-state index is 12.2. The molecule has 5 heterocycles. The van der Waals surface area contributed by atoms with Crippen LogP contribution in [-0.4, -0.2) is 71.5 Å². The number of benzene rings is 2. The molecule has 44 heavy (non-hydrogen) atoms. The smallest absolute Gasteiger partial charge is 0.337 e. The van der Waals surface area contributed by atoms with Crippen LogP contribution in [0.5, 0.6) is 17.4 Å². The molecule has 0 aliphatic carbocycles. The Balaban J connectivity index is 0.985. The number of carbonyl (C=O) groups excluding carboxylic acids is 1. The van der Waals surface area contributed by atoms with E-state index < -0.39 is 0 Å². The van der Waals surface area contributed by atoms with Crippen molar-refractivity contribution in [2.75, 3.05) is 40.0 Å². The molecule has 0 saturated carbocycles. The molecule has 2 aromatic carbocycles. The Kier molecular flexibility index (Phi) is 8.17. The molecular formula is C34H36N4O6. The summed E-state index contributed by atoms with van der Waals surface area (Å²) >= 11 is 0. The summed E-state index contributed by atoms with van der Waals surface area (Å²) in [5.74, 6) is 2.78. The van der Waals surface area contributed by atoms with Gasteiger partial charge in [-0.25, -0.2) is 14.8 Å². The number of hydrogen-bond acceptors (Lipinski definition) is 9. The van der Waals surface area contributed by atoms with Crippen molar-refractivity contribution in [3.63, 3.8) is 0 Å². The summed E-state index contributed by atoms with van der Waals surface area (Å²) < 4.78 is 30.2. The van der Waals surface area contributed by atoms with E-state index in [9.17, 15) is 4.79 Å². The van der Waals surface area contributed by atoms with Crippen molar-refractivity contribution < 1.29 is 28.5 Å². The van der Waals surface area contributed by atoms with Gasteiger partial charge in [-0.05, 0) is 54.8 Å². The van der Waals surface area contributed by atoms with Crippen LogP contribution >= 0.6 is 0 Å². The second-order valence-corrected chi connectivity index (χ2v) is 11.4. The predicted octanol–water partition coefficient (Wildman–Crippen LogP) is 4.73. The molecule has 0 radical (unpaired) electrons. The number of aromatic nitrogens is 3. The number of pyridine rings is 1. The highest BCUT2D eigenvalue weighted by Gasteiger charge is 2.24. The van der Waals surface area contributed by atoms with Crippen LogP contribution in [0.2, 0.25) is 0 Å². The van der Waals surface area contributed by atoms with E-state index in [1.807, 2.05) is 42.5 Å². The number of ether oxygens (including phenoxy) is 5. The van der Waals surface area contributed by atoms with Crippen LogP contribution in [0, 0.1) is 0 Å². The fourth-order valence-corrected chi connectivity index (χ4v) is 5.84. The van der Waals surface area contributed by atoms with Crippen molar-refractivity contribution in [3.8, 4) is 17.4 Å². The second-order valence-electron chi connectivity index (χ2n) is 11.4. The quantitative estimate of drug-likeness (QED) is 0.190. The molecule has 0 N–H and O–H groups in total. The molecule has 1 fully saturated rings. The lowest BCUT2D eigenvalue weighted by molar-refractivity contribution is -0.0591. The monoisotopic (exact) mass is 596 g/mol. The van der Waals surface area contributed by atoms with E-state index in [1.54, 1.807) is 6.07 Å². The van der Waals surface area contributed by atoms with Gasteiger partial charge in [0, 0.05) is 37.9 Å². The normalized spacial score (nSPS) is 18.0. The van der Waals surface area contributed by atoms with Gasteiger partial charge < -0.3 is 28.3 Å². The Morgan fingerprint density at radius 3 is 2.70 bits per heavy atom. The third kappa shape index (κ3) is 6.27. The highest BCUT2D eigenvalue weighted by molar-refractivity contribution is 5.93. The van der Waals surface area contributed by atoms with Crippen LogP contribution in [0.4, 0.5) is 0 Å². The van der Waals surface area contributed by atoms with Crippen molar-refractivity contribution in [2.24, 2.45) is 0 Å². The van der Waals surface area contributed by atoms with E-state index in [0.29, 0.717) is 31.3 Å². The highest BCUT2D eigenvalue weighted by Crippen LogP contribution is 2.31. The summed E-state index contributed by atoms with van der Waals surface area (Å²) in [6.45, 7) is 5.56. The van der Waals surface area contributed by atoms with Gasteiger partial charge in [-0.2, -0.15) is 0 Å². The number of hydrogen-bond donors (Lipinski definition) is 0. The van der Waals surface area contributed by atoms with Crippen molar-refractivity contribution in [3.05, 3.63) is 88.9 Å². The molecule has 2 aromatic heterocycles. The van der Waals surface area contributed by atoms with Gasteiger partial charge in [0.15, 0.2) is 11.5 Å². The molecule has 4 aromatic rings. The van der Waals surface area contributed by atoms with Crippen molar-refractivity contribution in [1.82, 2.24) is 19.4 Å². The molecule has 1 unspecified atom stereocenters. The van der Waals surface area contributed by atoms with E-state index in [1.165, 1.54) is 12.7 Å². The van der Waals surface area contributed by atoms with Crippen LogP contribution in [0.3, 0.4) is 0 Å². The first-order chi connectivity index (χ1) is 21.6. The minimum absolute atomic E-state index is 0.176. The second kappa shape index (κ2) is 12.7. The van der Waals surface area contributed by atoms with Crippen LogP contribution in [0.15, 0.2) is 66.2 Å². The Hall–Kier alpha value is -4.41. The Bertz CT molecular complexity index is 1690. The summed E-state index contributed by atoms with van der Waals surface area (Å²) in [6, 6.07) is 17.4. The van der Waals surface area contributed by atoms with Gasteiger partial charge in [0.25, 0.3) is 0 Å².